The molecular weight excluding hydrogens is 272 g/mol. The van der Waals surface area contributed by atoms with Gasteiger partial charge in [0, 0.05) is 11.2 Å². The topological polar surface area (TPSA) is 103 Å². The van der Waals surface area contributed by atoms with E-state index in [0.717, 1.165) is 16.6 Å². The molecular formula is C14H14N4O3. The predicted octanol–water partition coefficient (Wildman–Crippen LogP) is -0.601. The Morgan fingerprint density at radius 2 is 2.10 bits per heavy atom. The van der Waals surface area contributed by atoms with Gasteiger partial charge >= 0.3 is 0 Å². The number of carbonyl (C=O) groups excluding carboxylic acids is 3. The van der Waals surface area contributed by atoms with E-state index in [2.05, 4.69) is 20.9 Å². The summed E-state index contributed by atoms with van der Waals surface area (Å²) in [5, 5.41) is 8.40. The molecule has 0 saturated carbocycles. The maximum atomic E-state index is 11.9. The van der Waals surface area contributed by atoms with E-state index in [1.54, 1.807) is 0 Å². The van der Waals surface area contributed by atoms with Gasteiger partial charge in [0.2, 0.25) is 5.91 Å². The van der Waals surface area contributed by atoms with Crippen LogP contribution in [-0.4, -0.2) is 35.3 Å². The quantitative estimate of drug-likeness (QED) is 0.566. The summed E-state index contributed by atoms with van der Waals surface area (Å²) in [5.41, 5.74) is 1.80. The van der Waals surface area contributed by atoms with Crippen LogP contribution in [0.1, 0.15) is 5.69 Å². The monoisotopic (exact) mass is 286 g/mol. The van der Waals surface area contributed by atoms with Crippen LogP contribution >= 0.6 is 0 Å². The Morgan fingerprint density at radius 3 is 2.90 bits per heavy atom. The molecule has 3 rings (SSSR count). The molecule has 7 nitrogen and oxygen atoms in total. The zero-order valence-electron chi connectivity index (χ0n) is 11.1. The smallest absolute Gasteiger partial charge is 0.252 e. The van der Waals surface area contributed by atoms with Gasteiger partial charge in [-0.1, -0.05) is 18.2 Å². The fourth-order valence-electron chi connectivity index (χ4n) is 2.24. The van der Waals surface area contributed by atoms with Gasteiger partial charge in [0.15, 0.2) is 6.04 Å². The van der Waals surface area contributed by atoms with Crippen LogP contribution in [0.5, 0.6) is 0 Å². The summed E-state index contributed by atoms with van der Waals surface area (Å²) in [6.45, 7) is 0.164. The Bertz CT molecular complexity index is 689. The average molecular weight is 286 g/mol. The van der Waals surface area contributed by atoms with Crippen LogP contribution < -0.4 is 16.0 Å². The molecule has 1 aliphatic rings. The van der Waals surface area contributed by atoms with Crippen LogP contribution in [-0.2, 0) is 20.9 Å². The van der Waals surface area contributed by atoms with Gasteiger partial charge in [-0.15, -0.1) is 0 Å². The first-order valence-electron chi connectivity index (χ1n) is 6.55. The number of hydrogen-bond acceptors (Lipinski definition) is 3. The molecule has 1 atom stereocenters. The highest BCUT2D eigenvalue weighted by atomic mass is 16.2. The van der Waals surface area contributed by atoms with Crippen LogP contribution in [0.3, 0.4) is 0 Å². The number of nitrogens with one attached hydrogen (secondary N) is 4. The van der Waals surface area contributed by atoms with Crippen molar-refractivity contribution in [1.29, 1.82) is 0 Å². The van der Waals surface area contributed by atoms with E-state index < -0.39 is 17.9 Å². The molecule has 0 radical (unpaired) electrons. The lowest BCUT2D eigenvalue weighted by Gasteiger charge is -2.22. The Kier molecular flexibility index (Phi) is 3.31. The molecule has 7 heteroatoms. The normalized spacial score (nSPS) is 18.2. The van der Waals surface area contributed by atoms with Crippen LogP contribution in [0.4, 0.5) is 0 Å². The van der Waals surface area contributed by atoms with Crippen molar-refractivity contribution in [3.63, 3.8) is 0 Å². The lowest BCUT2D eigenvalue weighted by atomic mass is 10.2. The summed E-state index contributed by atoms with van der Waals surface area (Å²) in [6, 6.07) is 8.51. The molecule has 0 aliphatic carbocycles. The summed E-state index contributed by atoms with van der Waals surface area (Å²) in [4.78, 5) is 37.9. The lowest BCUT2D eigenvalue weighted by molar-refractivity contribution is -0.140. The summed E-state index contributed by atoms with van der Waals surface area (Å²) in [5.74, 6) is -1.40. The van der Waals surface area contributed by atoms with Gasteiger partial charge in [-0.3, -0.25) is 14.4 Å². The number of carbonyl (C=O) groups is 3. The molecule has 4 N–H and O–H groups in total. The van der Waals surface area contributed by atoms with Crippen LogP contribution in [0, 0.1) is 0 Å². The second-order valence-corrected chi connectivity index (χ2v) is 4.82. The third-order valence-electron chi connectivity index (χ3n) is 3.29. The number of hydrogen-bond donors (Lipinski definition) is 4. The van der Waals surface area contributed by atoms with Crippen molar-refractivity contribution >= 4 is 28.6 Å². The second kappa shape index (κ2) is 5.28. The maximum Gasteiger partial charge on any atom is 0.252 e. The van der Waals surface area contributed by atoms with Gasteiger partial charge in [-0.05, 0) is 17.5 Å². The average Bonchev–Trinajstić information content (AvgIpc) is 2.90. The number of rotatable bonds is 3. The van der Waals surface area contributed by atoms with E-state index in [-0.39, 0.29) is 19.0 Å². The Hall–Kier alpha value is -2.83. The molecule has 0 unspecified atom stereocenters. The molecule has 21 heavy (non-hydrogen) atoms. The maximum absolute atomic E-state index is 11.9. The van der Waals surface area contributed by atoms with Crippen molar-refractivity contribution in [3.8, 4) is 0 Å². The minimum atomic E-state index is -1.17. The molecule has 1 aromatic carbocycles. The minimum Gasteiger partial charge on any atom is -0.357 e. The molecule has 108 valence electrons. The molecule has 1 aromatic heterocycles. The third-order valence-corrected chi connectivity index (χ3v) is 3.29. The first-order valence-corrected chi connectivity index (χ1v) is 6.55. The number of fused-ring (bicyclic) bond motifs is 1. The fourth-order valence-corrected chi connectivity index (χ4v) is 2.24. The summed E-state index contributed by atoms with van der Waals surface area (Å²) in [6.07, 6.45) is 0. The second-order valence-electron chi connectivity index (χ2n) is 4.82. The zero-order valence-corrected chi connectivity index (χ0v) is 11.1. The van der Waals surface area contributed by atoms with E-state index in [0.29, 0.717) is 0 Å². The number of aromatic nitrogens is 1. The van der Waals surface area contributed by atoms with E-state index in [4.69, 9.17) is 0 Å². The van der Waals surface area contributed by atoms with Crippen molar-refractivity contribution in [1.82, 2.24) is 20.9 Å². The van der Waals surface area contributed by atoms with Gasteiger partial charge in [0.1, 0.15) is 0 Å². The summed E-state index contributed by atoms with van der Waals surface area (Å²) >= 11 is 0. The molecule has 1 aliphatic heterocycles. The number of amides is 3. The first-order chi connectivity index (χ1) is 10.1. The summed E-state index contributed by atoms with van der Waals surface area (Å²) in [7, 11) is 0. The fraction of sp³-hybridized carbons (Fsp3) is 0.214. The molecule has 1 fully saturated rings. The number of aromatic amines is 1. The Balaban J connectivity index is 1.65. The molecule has 0 spiro atoms. The van der Waals surface area contributed by atoms with Gasteiger partial charge < -0.3 is 20.9 Å². The lowest BCUT2D eigenvalue weighted by Crippen LogP contribution is -2.61. The molecule has 3 amide bonds. The largest absolute Gasteiger partial charge is 0.357 e. The molecule has 1 saturated heterocycles. The van der Waals surface area contributed by atoms with Crippen LogP contribution in [0.2, 0.25) is 0 Å². The Morgan fingerprint density at radius 1 is 1.29 bits per heavy atom. The van der Waals surface area contributed by atoms with E-state index in [1.165, 1.54) is 0 Å². The predicted molar refractivity (Wildman–Crippen MR) is 75.1 cm³/mol. The van der Waals surface area contributed by atoms with Crippen LogP contribution in [0.15, 0.2) is 30.3 Å². The van der Waals surface area contributed by atoms with Crippen molar-refractivity contribution in [3.05, 3.63) is 36.0 Å². The standard InChI is InChI=1S/C14H14N4O3/c19-11-7-16-14(21)12(18-11)13(20)15-6-9-5-8-3-1-2-4-10(8)17-9/h1-5,12,17H,6-7H2,(H,15,20)(H,16,21)(H,18,19)/t12-/m0/s1. The van der Waals surface area contributed by atoms with E-state index in [9.17, 15) is 14.4 Å². The molecule has 2 aromatic rings. The van der Waals surface area contributed by atoms with Crippen molar-refractivity contribution in [2.75, 3.05) is 6.54 Å². The van der Waals surface area contributed by atoms with Gasteiger partial charge in [-0.2, -0.15) is 0 Å². The van der Waals surface area contributed by atoms with E-state index in [1.807, 2.05) is 30.3 Å². The summed E-state index contributed by atoms with van der Waals surface area (Å²) < 4.78 is 0. The van der Waals surface area contributed by atoms with Crippen molar-refractivity contribution in [2.45, 2.75) is 12.6 Å². The highest BCUT2D eigenvalue weighted by Crippen LogP contribution is 2.14. The zero-order chi connectivity index (χ0) is 14.8. The number of H-pyrrole nitrogens is 1. The van der Waals surface area contributed by atoms with Gasteiger partial charge in [-0.25, -0.2) is 0 Å². The SMILES string of the molecule is O=C1CNC(=O)[C@H](C(=O)NCc2cc3ccccc3[nH]2)N1. The molecule has 2 heterocycles. The first kappa shape index (κ1) is 13.2. The van der Waals surface area contributed by atoms with Crippen molar-refractivity contribution < 1.29 is 14.4 Å². The van der Waals surface area contributed by atoms with E-state index >= 15 is 0 Å². The Labute approximate surface area is 120 Å². The highest BCUT2D eigenvalue weighted by molar-refractivity contribution is 6.09. The number of piperazine rings is 1. The third kappa shape index (κ3) is 2.71. The number of benzene rings is 1. The number of para-hydroxylation sites is 1. The van der Waals surface area contributed by atoms with Crippen molar-refractivity contribution in [2.24, 2.45) is 0 Å². The van der Waals surface area contributed by atoms with Gasteiger partial charge in [0.05, 0.1) is 13.1 Å². The molecule has 0 bridgehead atoms. The minimum absolute atomic E-state index is 0.0926. The highest BCUT2D eigenvalue weighted by Gasteiger charge is 2.31. The van der Waals surface area contributed by atoms with Crippen LogP contribution in [0.25, 0.3) is 10.9 Å². The van der Waals surface area contributed by atoms with Gasteiger partial charge in [0.25, 0.3) is 11.8 Å².